The molecule has 0 amide bonds. The maximum atomic E-state index is 12.0. The number of rotatable bonds is 6. The van der Waals surface area contributed by atoms with Gasteiger partial charge in [0.15, 0.2) is 0 Å². The van der Waals surface area contributed by atoms with Gasteiger partial charge in [-0.3, -0.25) is 20.2 Å². The molecule has 0 saturated heterocycles. The Morgan fingerprint density at radius 3 is 1.21 bits per heavy atom. The molecular formula is C32H19CoN6O8. The first-order chi connectivity index (χ1) is 22.1. The molecule has 0 radical (unpaired) electrons. The smallest absolute Gasteiger partial charge is 0.871 e. The number of azo groups is 2. The first-order valence-electron chi connectivity index (χ1n) is 13.2. The average Bonchev–Trinajstić information content (AvgIpc) is 3.05. The van der Waals surface area contributed by atoms with E-state index in [1.165, 1.54) is 12.1 Å². The second kappa shape index (κ2) is 14.6. The molecule has 0 aliphatic carbocycles. The zero-order valence-corrected chi connectivity index (χ0v) is 24.7. The monoisotopic (exact) mass is 674 g/mol. The van der Waals surface area contributed by atoms with Gasteiger partial charge >= 0.3 is 18.2 Å². The van der Waals surface area contributed by atoms with Crippen LogP contribution in [0.15, 0.2) is 130 Å². The molecule has 0 spiro atoms. The van der Waals surface area contributed by atoms with Gasteiger partial charge in [-0.25, -0.2) is 0 Å². The topological polar surface area (TPSA) is 228 Å². The summed E-state index contributed by atoms with van der Waals surface area (Å²) in [5.74, 6) is -1.70. The van der Waals surface area contributed by atoms with E-state index in [1.54, 1.807) is 36.4 Å². The van der Waals surface area contributed by atoms with Crippen molar-refractivity contribution in [3.8, 4) is 23.0 Å². The third kappa shape index (κ3) is 7.62. The normalized spacial score (nSPS) is 10.9. The predicted octanol–water partition coefficient (Wildman–Crippen LogP) is 6.73. The van der Waals surface area contributed by atoms with Crippen LogP contribution in [-0.4, -0.2) is 9.85 Å². The fraction of sp³-hybridized carbons (Fsp3) is 0. The van der Waals surface area contributed by atoms with Gasteiger partial charge in [0, 0.05) is 35.0 Å². The van der Waals surface area contributed by atoms with E-state index in [0.29, 0.717) is 10.8 Å². The summed E-state index contributed by atoms with van der Waals surface area (Å²) < 4.78 is 0. The van der Waals surface area contributed by atoms with Crippen molar-refractivity contribution in [3.05, 3.63) is 129 Å². The number of hydrogen-bond acceptors (Lipinski definition) is 12. The van der Waals surface area contributed by atoms with Gasteiger partial charge in [0.05, 0.1) is 32.6 Å². The van der Waals surface area contributed by atoms with Gasteiger partial charge in [-0.15, -0.1) is 0 Å². The summed E-state index contributed by atoms with van der Waals surface area (Å²) in [6.07, 6.45) is 0. The third-order valence-corrected chi connectivity index (χ3v) is 6.55. The molecule has 15 heteroatoms. The second-order valence-electron chi connectivity index (χ2n) is 9.49. The summed E-state index contributed by atoms with van der Waals surface area (Å²) in [6.45, 7) is 0. The standard InChI is InChI=1S/2C16H11N3O4.Co/c2*20-14-8-6-11(19(22)23)9-13(14)17-18-16-12-4-2-1-3-10(12)5-7-15(16)21;/h2*1-9,20-21H;/q;;+3/p-3. The molecule has 0 aromatic heterocycles. The minimum absolute atomic E-state index is 0. The zero-order chi connectivity index (χ0) is 32.8. The predicted molar refractivity (Wildman–Crippen MR) is 161 cm³/mol. The summed E-state index contributed by atoms with van der Waals surface area (Å²) in [4.78, 5) is 20.2. The fourth-order valence-electron chi connectivity index (χ4n) is 4.28. The molecule has 0 aliphatic rings. The molecule has 0 aliphatic heterocycles. The number of hydrogen-bond donors (Lipinski definition) is 0. The molecule has 0 saturated carbocycles. The van der Waals surface area contributed by atoms with Crippen molar-refractivity contribution in [1.29, 1.82) is 0 Å². The molecular weight excluding hydrogens is 655 g/mol. The van der Waals surface area contributed by atoms with Crippen molar-refractivity contribution in [2.45, 2.75) is 0 Å². The molecule has 6 aromatic carbocycles. The molecule has 47 heavy (non-hydrogen) atoms. The van der Waals surface area contributed by atoms with Gasteiger partial charge in [0.25, 0.3) is 11.4 Å². The van der Waals surface area contributed by atoms with Crippen molar-refractivity contribution in [2.24, 2.45) is 20.5 Å². The first kappa shape index (κ1) is 33.4. The minimum Gasteiger partial charge on any atom is -0.871 e. The van der Waals surface area contributed by atoms with E-state index in [2.05, 4.69) is 20.5 Å². The van der Waals surface area contributed by atoms with Gasteiger partial charge in [0.1, 0.15) is 0 Å². The number of nitro benzene ring substituents is 2. The van der Waals surface area contributed by atoms with E-state index < -0.39 is 21.3 Å². The SMILES string of the molecule is O=[N+]([O-])c1ccc([O-])c(N=Nc2c([O-])ccc3ccccc23)c1.O=[N+]([O-])c1ccc([O-])c(N=Nc2c([O-])ccc3ccccc23)c1.[Co+3].[H+]. The van der Waals surface area contributed by atoms with Crippen LogP contribution in [0.2, 0.25) is 0 Å². The van der Waals surface area contributed by atoms with Gasteiger partial charge in [-0.2, -0.15) is 20.5 Å². The van der Waals surface area contributed by atoms with E-state index in [-0.39, 0.29) is 63.8 Å². The molecule has 14 nitrogen and oxygen atoms in total. The molecule has 0 unspecified atom stereocenters. The van der Waals surface area contributed by atoms with E-state index in [9.17, 15) is 40.7 Å². The van der Waals surface area contributed by atoms with Crippen LogP contribution in [0.4, 0.5) is 34.1 Å². The number of benzene rings is 6. The van der Waals surface area contributed by atoms with E-state index in [1.807, 2.05) is 24.3 Å². The summed E-state index contributed by atoms with van der Waals surface area (Å²) in [5, 5.41) is 86.9. The minimum atomic E-state index is -0.630. The average molecular weight is 674 g/mol. The van der Waals surface area contributed by atoms with E-state index >= 15 is 0 Å². The summed E-state index contributed by atoms with van der Waals surface area (Å²) >= 11 is 0. The second-order valence-corrected chi connectivity index (χ2v) is 9.49. The number of nitro groups is 2. The molecule has 0 heterocycles. The van der Waals surface area contributed by atoms with Gasteiger partial charge in [-0.05, 0) is 10.8 Å². The molecule has 6 rings (SSSR count). The Balaban J connectivity index is 0.000000250. The third-order valence-electron chi connectivity index (χ3n) is 6.55. The maximum Gasteiger partial charge on any atom is 3.00 e. The number of non-ortho nitro benzene ring substituents is 2. The first-order valence-corrected chi connectivity index (χ1v) is 13.2. The summed E-state index contributed by atoms with van der Waals surface area (Å²) in [5.41, 5.74) is -0.723. The van der Waals surface area contributed by atoms with Crippen molar-refractivity contribution in [3.63, 3.8) is 0 Å². The zero-order valence-electron chi connectivity index (χ0n) is 24.7. The molecule has 0 atom stereocenters. The quantitative estimate of drug-likeness (QED) is 0.104. The molecule has 0 fully saturated rings. The van der Waals surface area contributed by atoms with Crippen LogP contribution in [0.3, 0.4) is 0 Å². The van der Waals surface area contributed by atoms with Crippen LogP contribution in [0.25, 0.3) is 21.5 Å². The Morgan fingerprint density at radius 2 is 0.830 bits per heavy atom. The Labute approximate surface area is 276 Å². The van der Waals surface area contributed by atoms with Crippen LogP contribution >= 0.6 is 0 Å². The Kier molecular flexibility index (Phi) is 10.4. The number of nitrogens with zero attached hydrogens (tertiary/aromatic N) is 6. The van der Waals surface area contributed by atoms with Crippen LogP contribution in [-0.2, 0) is 16.8 Å². The summed E-state index contributed by atoms with van der Waals surface area (Å²) in [7, 11) is 0. The molecule has 0 bridgehead atoms. The van der Waals surface area contributed by atoms with Gasteiger partial charge < -0.3 is 20.4 Å². The van der Waals surface area contributed by atoms with Crippen molar-refractivity contribution in [2.75, 3.05) is 0 Å². The maximum absolute atomic E-state index is 12.0. The summed E-state index contributed by atoms with van der Waals surface area (Å²) in [6, 6.07) is 26.7. The van der Waals surface area contributed by atoms with Crippen LogP contribution in [0.1, 0.15) is 1.43 Å². The van der Waals surface area contributed by atoms with E-state index in [0.717, 1.165) is 47.2 Å². The van der Waals surface area contributed by atoms with Crippen molar-refractivity contribution in [1.82, 2.24) is 0 Å². The Morgan fingerprint density at radius 1 is 0.468 bits per heavy atom. The largest absolute Gasteiger partial charge is 3.00 e. The molecule has 0 N–H and O–H groups in total. The van der Waals surface area contributed by atoms with E-state index in [4.69, 9.17) is 0 Å². The van der Waals surface area contributed by atoms with Crippen molar-refractivity contribution >= 4 is 55.7 Å². The Hall–Kier alpha value is -6.45. The van der Waals surface area contributed by atoms with Gasteiger partial charge in [0.2, 0.25) is 0 Å². The molecule has 6 aromatic rings. The van der Waals surface area contributed by atoms with Crippen LogP contribution < -0.4 is 20.4 Å². The van der Waals surface area contributed by atoms with Crippen LogP contribution in [0.5, 0.6) is 23.0 Å². The van der Waals surface area contributed by atoms with Crippen LogP contribution in [0, 0.1) is 20.2 Å². The number of fused-ring (bicyclic) bond motifs is 2. The fourth-order valence-corrected chi connectivity index (χ4v) is 4.28. The Bertz CT molecular complexity index is 2040. The molecule has 234 valence electrons. The van der Waals surface area contributed by atoms with Crippen molar-refractivity contribution < 1.29 is 48.5 Å². The van der Waals surface area contributed by atoms with Gasteiger partial charge in [-0.1, -0.05) is 108 Å².